The quantitative estimate of drug-likeness (QED) is 0.801. The molecule has 0 spiro atoms. The van der Waals surface area contributed by atoms with Gasteiger partial charge < -0.3 is 9.84 Å². The van der Waals surface area contributed by atoms with Gasteiger partial charge in [-0.2, -0.15) is 5.26 Å². The summed E-state index contributed by atoms with van der Waals surface area (Å²) < 4.78 is 18.4. The maximum absolute atomic E-state index is 13.6. The number of carbonyl (C=O) groups is 1. The molecule has 0 heterocycles. The zero-order valence-corrected chi connectivity index (χ0v) is 9.36. The van der Waals surface area contributed by atoms with Crippen LogP contribution in [0.15, 0.2) is 12.1 Å². The lowest BCUT2D eigenvalue weighted by atomic mass is 10.0. The summed E-state index contributed by atoms with van der Waals surface area (Å²) in [4.78, 5) is 11.2. The number of carbonyl (C=O) groups excluding carboxylic acids is 1. The van der Waals surface area contributed by atoms with Crippen LogP contribution in [0.2, 0.25) is 0 Å². The van der Waals surface area contributed by atoms with E-state index in [2.05, 4.69) is 0 Å². The fourth-order valence-electron chi connectivity index (χ4n) is 1.42. The summed E-state index contributed by atoms with van der Waals surface area (Å²) >= 11 is 0. The van der Waals surface area contributed by atoms with Crippen molar-refractivity contribution in [3.63, 3.8) is 0 Å². The van der Waals surface area contributed by atoms with Gasteiger partial charge in [-0.3, -0.25) is 4.79 Å². The topological polar surface area (TPSA) is 70.3 Å². The first-order valence-corrected chi connectivity index (χ1v) is 5.10. The average molecular weight is 237 g/mol. The van der Waals surface area contributed by atoms with Gasteiger partial charge in [-0.1, -0.05) is 12.1 Å². The number of aliphatic hydroxyl groups excluding tert-OH is 1. The zero-order valence-electron chi connectivity index (χ0n) is 9.36. The number of halogens is 1. The summed E-state index contributed by atoms with van der Waals surface area (Å²) in [6, 6.07) is 4.49. The van der Waals surface area contributed by atoms with Crippen molar-refractivity contribution in [1.29, 1.82) is 5.26 Å². The molecule has 0 aliphatic heterocycles. The molecule has 0 amide bonds. The van der Waals surface area contributed by atoms with Gasteiger partial charge in [-0.25, -0.2) is 4.39 Å². The summed E-state index contributed by atoms with van der Waals surface area (Å²) in [5.41, 5.74) is 0.0828. The summed E-state index contributed by atoms with van der Waals surface area (Å²) in [6.45, 7) is 1.41. The van der Waals surface area contributed by atoms with Crippen molar-refractivity contribution in [3.05, 3.63) is 34.6 Å². The number of aliphatic hydroxyl groups is 1. The Bertz CT molecular complexity index is 466. The Morgan fingerprint density at radius 3 is 2.71 bits per heavy atom. The van der Waals surface area contributed by atoms with Gasteiger partial charge in [0.15, 0.2) is 0 Å². The molecule has 17 heavy (non-hydrogen) atoms. The van der Waals surface area contributed by atoms with E-state index in [4.69, 9.17) is 15.1 Å². The van der Waals surface area contributed by atoms with Crippen LogP contribution < -0.4 is 0 Å². The summed E-state index contributed by atoms with van der Waals surface area (Å²) in [5.74, 6) is -1.29. The molecule has 0 atom stereocenters. The van der Waals surface area contributed by atoms with Gasteiger partial charge in [0.25, 0.3) is 0 Å². The Balaban J connectivity index is 3.06. The van der Waals surface area contributed by atoms with Crippen molar-refractivity contribution in [2.75, 3.05) is 6.61 Å². The zero-order chi connectivity index (χ0) is 12.8. The van der Waals surface area contributed by atoms with Crippen LogP contribution in [-0.2, 0) is 22.6 Å². The SMILES string of the molecule is CCOC(=O)Cc1ccc(CO)c(F)c1C#N. The average Bonchev–Trinajstić information content (AvgIpc) is 2.30. The number of nitrogens with zero attached hydrogens (tertiary/aromatic N) is 1. The molecule has 4 nitrogen and oxygen atoms in total. The van der Waals surface area contributed by atoms with E-state index in [0.29, 0.717) is 0 Å². The second kappa shape index (κ2) is 5.97. The molecule has 1 aromatic rings. The summed E-state index contributed by atoms with van der Waals surface area (Å²) in [5, 5.41) is 17.7. The molecule has 0 aliphatic rings. The van der Waals surface area contributed by atoms with Crippen molar-refractivity contribution < 1.29 is 19.0 Å². The molecule has 0 saturated heterocycles. The molecule has 1 N–H and O–H groups in total. The highest BCUT2D eigenvalue weighted by molar-refractivity contribution is 5.73. The molecule has 90 valence electrons. The first-order valence-electron chi connectivity index (χ1n) is 5.10. The van der Waals surface area contributed by atoms with E-state index in [9.17, 15) is 9.18 Å². The fraction of sp³-hybridized carbons (Fsp3) is 0.333. The van der Waals surface area contributed by atoms with E-state index in [-0.39, 0.29) is 29.7 Å². The van der Waals surface area contributed by atoms with E-state index in [1.54, 1.807) is 13.0 Å². The molecule has 1 rings (SSSR count). The Hall–Kier alpha value is -1.93. The van der Waals surface area contributed by atoms with Crippen LogP contribution in [0.25, 0.3) is 0 Å². The maximum Gasteiger partial charge on any atom is 0.310 e. The van der Waals surface area contributed by atoms with Crippen LogP contribution in [0.3, 0.4) is 0 Å². The third-order valence-electron chi connectivity index (χ3n) is 2.23. The van der Waals surface area contributed by atoms with E-state index in [0.717, 1.165) is 0 Å². The highest BCUT2D eigenvalue weighted by atomic mass is 19.1. The van der Waals surface area contributed by atoms with Crippen molar-refractivity contribution in [1.82, 2.24) is 0 Å². The van der Waals surface area contributed by atoms with E-state index in [1.807, 2.05) is 0 Å². The second-order valence-electron chi connectivity index (χ2n) is 3.32. The smallest absolute Gasteiger partial charge is 0.310 e. The van der Waals surface area contributed by atoms with Gasteiger partial charge in [0, 0.05) is 5.56 Å². The molecule has 0 fully saturated rings. The normalized spacial score (nSPS) is 9.76. The number of hydrogen-bond acceptors (Lipinski definition) is 4. The fourth-order valence-corrected chi connectivity index (χ4v) is 1.42. The van der Waals surface area contributed by atoms with Crippen LogP contribution in [0.1, 0.15) is 23.6 Å². The number of benzene rings is 1. The van der Waals surface area contributed by atoms with Gasteiger partial charge in [0.1, 0.15) is 11.9 Å². The van der Waals surface area contributed by atoms with Gasteiger partial charge in [-0.15, -0.1) is 0 Å². The largest absolute Gasteiger partial charge is 0.466 e. The number of hydrogen-bond donors (Lipinski definition) is 1. The molecule has 5 heteroatoms. The number of esters is 1. The molecule has 1 aromatic carbocycles. The lowest BCUT2D eigenvalue weighted by molar-refractivity contribution is -0.142. The van der Waals surface area contributed by atoms with Crippen LogP contribution in [-0.4, -0.2) is 17.7 Å². The van der Waals surface area contributed by atoms with Gasteiger partial charge in [0.05, 0.1) is 25.2 Å². The maximum atomic E-state index is 13.6. The monoisotopic (exact) mass is 237 g/mol. The minimum atomic E-state index is -0.781. The lowest BCUT2D eigenvalue weighted by Gasteiger charge is -2.07. The third kappa shape index (κ3) is 3.02. The molecule has 0 saturated carbocycles. The van der Waals surface area contributed by atoms with Gasteiger partial charge in [0.2, 0.25) is 0 Å². The molecule has 0 aliphatic carbocycles. The van der Waals surface area contributed by atoms with Gasteiger partial charge >= 0.3 is 5.97 Å². The predicted molar refractivity (Wildman–Crippen MR) is 57.4 cm³/mol. The first kappa shape index (κ1) is 13.1. The molecule has 0 unspecified atom stereocenters. The standard InChI is InChI=1S/C12H12FNO3/c1-2-17-11(16)5-8-3-4-9(7-15)12(13)10(8)6-14/h3-4,15H,2,5,7H2,1H3. The van der Waals surface area contributed by atoms with Crippen LogP contribution in [0, 0.1) is 17.1 Å². The second-order valence-corrected chi connectivity index (χ2v) is 3.32. The highest BCUT2D eigenvalue weighted by Crippen LogP contribution is 2.18. The summed E-state index contributed by atoms with van der Waals surface area (Å²) in [6.07, 6.45) is -0.153. The van der Waals surface area contributed by atoms with Gasteiger partial charge in [-0.05, 0) is 12.5 Å². The van der Waals surface area contributed by atoms with Crippen LogP contribution >= 0.6 is 0 Å². The minimum absolute atomic E-state index is 0.0363. The Kier molecular flexibility index (Phi) is 4.61. The van der Waals surface area contributed by atoms with Crippen molar-refractivity contribution in [2.45, 2.75) is 20.0 Å². The highest BCUT2D eigenvalue weighted by Gasteiger charge is 2.15. The Morgan fingerprint density at radius 1 is 1.53 bits per heavy atom. The predicted octanol–water partition coefficient (Wildman–Crippen LogP) is 1.30. The van der Waals surface area contributed by atoms with E-state index < -0.39 is 18.4 Å². The lowest BCUT2D eigenvalue weighted by Crippen LogP contribution is -2.10. The van der Waals surface area contributed by atoms with E-state index in [1.165, 1.54) is 12.1 Å². The van der Waals surface area contributed by atoms with Crippen molar-refractivity contribution >= 4 is 5.97 Å². The Labute approximate surface area is 98.2 Å². The Morgan fingerprint density at radius 2 is 2.18 bits per heavy atom. The molecular formula is C12H12FNO3. The van der Waals surface area contributed by atoms with Crippen molar-refractivity contribution in [3.8, 4) is 6.07 Å². The number of ether oxygens (including phenoxy) is 1. The van der Waals surface area contributed by atoms with Crippen LogP contribution in [0.5, 0.6) is 0 Å². The molecule has 0 radical (unpaired) electrons. The van der Waals surface area contributed by atoms with E-state index >= 15 is 0 Å². The van der Waals surface area contributed by atoms with Crippen LogP contribution in [0.4, 0.5) is 4.39 Å². The summed E-state index contributed by atoms with van der Waals surface area (Å²) in [7, 11) is 0. The third-order valence-corrected chi connectivity index (χ3v) is 2.23. The molecular weight excluding hydrogens is 225 g/mol. The van der Waals surface area contributed by atoms with Crippen molar-refractivity contribution in [2.24, 2.45) is 0 Å². The molecule has 0 aromatic heterocycles. The number of rotatable bonds is 4. The first-order chi connectivity index (χ1) is 8.13. The number of nitriles is 1. The minimum Gasteiger partial charge on any atom is -0.466 e. The molecule has 0 bridgehead atoms.